The van der Waals surface area contributed by atoms with Crippen LogP contribution in [0.5, 0.6) is 0 Å². The minimum absolute atomic E-state index is 0.142. The third kappa shape index (κ3) is 1.41. The fraction of sp³-hybridized carbons (Fsp3) is 0.444. The van der Waals surface area contributed by atoms with Gasteiger partial charge in [0.25, 0.3) is 11.8 Å². The summed E-state index contributed by atoms with van der Waals surface area (Å²) < 4.78 is 4.74. The number of esters is 1. The number of hydrogen-bond donors (Lipinski definition) is 0. The molecule has 0 bridgehead atoms. The molecule has 14 heavy (non-hydrogen) atoms. The summed E-state index contributed by atoms with van der Waals surface area (Å²) in [5.74, 6) is -1.37. The predicted molar refractivity (Wildman–Crippen MR) is 44.9 cm³/mol. The molecule has 0 aliphatic carbocycles. The van der Waals surface area contributed by atoms with E-state index in [0.717, 1.165) is 4.90 Å². The summed E-state index contributed by atoms with van der Waals surface area (Å²) in [5, 5.41) is 0. The van der Waals surface area contributed by atoms with Crippen molar-refractivity contribution in [2.75, 3.05) is 13.2 Å². The van der Waals surface area contributed by atoms with Gasteiger partial charge < -0.3 is 4.74 Å². The molecule has 0 N–H and O–H groups in total. The normalized spacial score (nSPS) is 26.1. The number of cyclic esters (lactones) is 1. The molecule has 2 heterocycles. The van der Waals surface area contributed by atoms with Gasteiger partial charge in [0, 0.05) is 18.7 Å². The number of carbonyl (C=O) groups is 3. The van der Waals surface area contributed by atoms with E-state index in [1.165, 1.54) is 12.2 Å². The van der Waals surface area contributed by atoms with Gasteiger partial charge in [-0.15, -0.1) is 0 Å². The number of amides is 2. The van der Waals surface area contributed by atoms with Gasteiger partial charge in [-0.05, 0) is 6.42 Å². The number of imide groups is 1. The summed E-state index contributed by atoms with van der Waals surface area (Å²) in [6.07, 6.45) is 3.00. The Kier molecular flexibility index (Phi) is 2.07. The number of rotatable bonds is 2. The lowest BCUT2D eigenvalue weighted by molar-refractivity contribution is -0.143. The van der Waals surface area contributed by atoms with Crippen LogP contribution in [0.15, 0.2) is 12.2 Å². The van der Waals surface area contributed by atoms with Crippen LogP contribution >= 0.6 is 0 Å². The van der Waals surface area contributed by atoms with Gasteiger partial charge in [0.15, 0.2) is 0 Å². The molecule has 2 aliphatic rings. The predicted octanol–water partition coefficient (Wildman–Crippen LogP) is -0.526. The second-order valence-electron chi connectivity index (χ2n) is 3.27. The van der Waals surface area contributed by atoms with Gasteiger partial charge in [0.2, 0.25) is 0 Å². The SMILES string of the molecule is O=C1OCCC1CN1C(=O)C=CC1=O. The van der Waals surface area contributed by atoms with Crippen molar-refractivity contribution in [1.29, 1.82) is 0 Å². The first-order valence-corrected chi connectivity index (χ1v) is 4.38. The van der Waals surface area contributed by atoms with Crippen molar-refractivity contribution in [1.82, 2.24) is 4.90 Å². The van der Waals surface area contributed by atoms with Gasteiger partial charge >= 0.3 is 5.97 Å². The van der Waals surface area contributed by atoms with Crippen molar-refractivity contribution < 1.29 is 19.1 Å². The van der Waals surface area contributed by atoms with E-state index < -0.39 is 0 Å². The average molecular weight is 195 g/mol. The molecule has 5 nitrogen and oxygen atoms in total. The number of ether oxygens (including phenoxy) is 1. The highest BCUT2D eigenvalue weighted by Gasteiger charge is 2.33. The molecule has 0 saturated carbocycles. The molecule has 74 valence electrons. The van der Waals surface area contributed by atoms with Crippen LogP contribution in [0.2, 0.25) is 0 Å². The maximum Gasteiger partial charge on any atom is 0.310 e. The molecule has 1 unspecified atom stereocenters. The Bertz CT molecular complexity index is 316. The first kappa shape index (κ1) is 8.93. The third-order valence-electron chi connectivity index (χ3n) is 2.35. The highest BCUT2D eigenvalue weighted by molar-refractivity contribution is 6.13. The van der Waals surface area contributed by atoms with E-state index >= 15 is 0 Å². The summed E-state index contributed by atoms with van der Waals surface area (Å²) in [4.78, 5) is 34.4. The summed E-state index contributed by atoms with van der Waals surface area (Å²) in [5.41, 5.74) is 0. The quantitative estimate of drug-likeness (QED) is 0.439. The third-order valence-corrected chi connectivity index (χ3v) is 2.35. The fourth-order valence-corrected chi connectivity index (χ4v) is 1.53. The molecule has 2 rings (SSSR count). The van der Waals surface area contributed by atoms with Crippen molar-refractivity contribution in [2.45, 2.75) is 6.42 Å². The first-order valence-electron chi connectivity index (χ1n) is 4.38. The Morgan fingerprint density at radius 3 is 2.43 bits per heavy atom. The smallest absolute Gasteiger partial charge is 0.310 e. The van der Waals surface area contributed by atoms with Crippen LogP contribution in [0.3, 0.4) is 0 Å². The van der Waals surface area contributed by atoms with Gasteiger partial charge in [0.1, 0.15) is 0 Å². The first-order chi connectivity index (χ1) is 6.68. The maximum absolute atomic E-state index is 11.1. The zero-order chi connectivity index (χ0) is 10.1. The van der Waals surface area contributed by atoms with Gasteiger partial charge in [-0.2, -0.15) is 0 Å². The largest absolute Gasteiger partial charge is 0.465 e. The maximum atomic E-state index is 11.1. The highest BCUT2D eigenvalue weighted by atomic mass is 16.5. The van der Waals surface area contributed by atoms with Crippen molar-refractivity contribution in [2.24, 2.45) is 5.92 Å². The lowest BCUT2D eigenvalue weighted by Gasteiger charge is -2.15. The number of hydrogen-bond acceptors (Lipinski definition) is 4. The minimum atomic E-state index is -0.352. The van der Waals surface area contributed by atoms with E-state index in [2.05, 4.69) is 0 Å². The summed E-state index contributed by atoms with van der Waals surface area (Å²) in [6, 6.07) is 0. The second-order valence-corrected chi connectivity index (χ2v) is 3.27. The van der Waals surface area contributed by atoms with Gasteiger partial charge in [-0.25, -0.2) is 0 Å². The summed E-state index contributed by atoms with van der Waals surface area (Å²) >= 11 is 0. The highest BCUT2D eigenvalue weighted by Crippen LogP contribution is 2.17. The van der Waals surface area contributed by atoms with E-state index in [0.29, 0.717) is 13.0 Å². The zero-order valence-electron chi connectivity index (χ0n) is 7.43. The Hall–Kier alpha value is -1.65. The van der Waals surface area contributed by atoms with Gasteiger partial charge in [-0.3, -0.25) is 19.3 Å². The Labute approximate surface area is 80.3 Å². The lowest BCUT2D eigenvalue weighted by atomic mass is 10.1. The van der Waals surface area contributed by atoms with Crippen molar-refractivity contribution in [3.8, 4) is 0 Å². The molecule has 0 aromatic carbocycles. The van der Waals surface area contributed by atoms with E-state index in [1.807, 2.05) is 0 Å². The molecule has 2 aliphatic heterocycles. The topological polar surface area (TPSA) is 63.7 Å². The van der Waals surface area contributed by atoms with Crippen molar-refractivity contribution >= 4 is 17.8 Å². The molecule has 1 atom stereocenters. The van der Waals surface area contributed by atoms with Crippen LogP contribution in [-0.2, 0) is 19.1 Å². The van der Waals surface area contributed by atoms with Crippen LogP contribution in [0, 0.1) is 5.92 Å². The zero-order valence-corrected chi connectivity index (χ0v) is 7.43. The van der Waals surface area contributed by atoms with Crippen LogP contribution in [0.25, 0.3) is 0 Å². The monoisotopic (exact) mass is 195 g/mol. The van der Waals surface area contributed by atoms with Crippen molar-refractivity contribution in [3.05, 3.63) is 12.2 Å². The molecule has 0 aromatic rings. The van der Waals surface area contributed by atoms with Crippen molar-refractivity contribution in [3.63, 3.8) is 0 Å². The standard InChI is InChI=1S/C9H9NO4/c11-7-1-2-8(12)10(7)5-6-3-4-14-9(6)13/h1-2,6H,3-5H2. The summed E-state index contributed by atoms with van der Waals surface area (Å²) in [6.45, 7) is 0.524. The Morgan fingerprint density at radius 1 is 1.29 bits per heavy atom. The van der Waals surface area contributed by atoms with Crippen LogP contribution in [-0.4, -0.2) is 35.8 Å². The molecule has 2 amide bonds. The number of carbonyl (C=O) groups excluding carboxylic acids is 3. The van der Waals surface area contributed by atoms with Gasteiger partial charge in [-0.1, -0.05) is 0 Å². The van der Waals surface area contributed by atoms with Crippen LogP contribution in [0.4, 0.5) is 0 Å². The second kappa shape index (κ2) is 3.25. The molecule has 0 spiro atoms. The van der Waals surface area contributed by atoms with Gasteiger partial charge in [0.05, 0.1) is 12.5 Å². The van der Waals surface area contributed by atoms with E-state index in [9.17, 15) is 14.4 Å². The van der Waals surface area contributed by atoms with E-state index in [1.54, 1.807) is 0 Å². The molecule has 1 saturated heterocycles. The van der Waals surface area contributed by atoms with Crippen LogP contribution in [0.1, 0.15) is 6.42 Å². The Morgan fingerprint density at radius 2 is 1.93 bits per heavy atom. The molecule has 5 heteroatoms. The average Bonchev–Trinajstić information content (AvgIpc) is 2.67. The minimum Gasteiger partial charge on any atom is -0.465 e. The van der Waals surface area contributed by atoms with E-state index in [4.69, 9.17) is 4.74 Å². The molecular formula is C9H9NO4. The molecular weight excluding hydrogens is 186 g/mol. The van der Waals surface area contributed by atoms with Crippen LogP contribution < -0.4 is 0 Å². The molecule has 0 radical (unpaired) electrons. The fourth-order valence-electron chi connectivity index (χ4n) is 1.53. The molecule has 0 aromatic heterocycles. The summed E-state index contributed by atoms with van der Waals surface area (Å²) in [7, 11) is 0. The molecule has 1 fully saturated rings. The Balaban J connectivity index is 2.01. The number of nitrogens with zero attached hydrogens (tertiary/aromatic N) is 1. The lowest BCUT2D eigenvalue weighted by Crippen LogP contribution is -2.36. The van der Waals surface area contributed by atoms with E-state index in [-0.39, 0.29) is 30.2 Å².